The third-order valence-corrected chi connectivity index (χ3v) is 0.775. The number of rotatable bonds is 2. The third-order valence-electron chi connectivity index (χ3n) is 0.586. The summed E-state index contributed by atoms with van der Waals surface area (Å²) in [7, 11) is 0. The molecule has 8 heavy (non-hydrogen) atoms. The standard InChI is InChI=1S/C6H7ClO/c1-2-3-6(8)4-5-7/h4-5H2,1H3. The van der Waals surface area contributed by atoms with Crippen LogP contribution in [0.1, 0.15) is 13.3 Å². The van der Waals surface area contributed by atoms with Crippen LogP contribution in [-0.4, -0.2) is 11.7 Å². The van der Waals surface area contributed by atoms with Gasteiger partial charge in [-0.2, -0.15) is 0 Å². The lowest BCUT2D eigenvalue weighted by molar-refractivity contribution is -0.113. The maximum Gasteiger partial charge on any atom is 0.206 e. The second kappa shape index (κ2) is 4.67. The van der Waals surface area contributed by atoms with Gasteiger partial charge in [0.25, 0.3) is 0 Å². The highest BCUT2D eigenvalue weighted by Gasteiger charge is 1.90. The summed E-state index contributed by atoms with van der Waals surface area (Å²) in [6.07, 6.45) is 0.363. The second-order valence-corrected chi connectivity index (χ2v) is 1.62. The van der Waals surface area contributed by atoms with E-state index in [0.29, 0.717) is 12.3 Å². The van der Waals surface area contributed by atoms with Crippen molar-refractivity contribution in [1.82, 2.24) is 0 Å². The minimum atomic E-state index is -0.0810. The molecule has 0 unspecified atom stereocenters. The van der Waals surface area contributed by atoms with Crippen LogP contribution in [0, 0.1) is 11.8 Å². The predicted molar refractivity (Wildman–Crippen MR) is 33.8 cm³/mol. The molecule has 0 amide bonds. The molecular weight excluding hydrogens is 124 g/mol. The van der Waals surface area contributed by atoms with Crippen molar-refractivity contribution < 1.29 is 4.79 Å². The van der Waals surface area contributed by atoms with Crippen LogP contribution in [0.15, 0.2) is 0 Å². The molecule has 0 aromatic rings. The lowest BCUT2D eigenvalue weighted by atomic mass is 10.3. The number of hydrogen-bond acceptors (Lipinski definition) is 1. The third kappa shape index (κ3) is 3.70. The molecule has 0 rings (SSSR count). The van der Waals surface area contributed by atoms with Crippen molar-refractivity contribution in [2.45, 2.75) is 13.3 Å². The Balaban J connectivity index is 3.44. The molecule has 0 saturated heterocycles. The highest BCUT2D eigenvalue weighted by Crippen LogP contribution is 1.83. The topological polar surface area (TPSA) is 17.1 Å². The Morgan fingerprint density at radius 1 is 1.75 bits per heavy atom. The Morgan fingerprint density at radius 3 is 2.75 bits per heavy atom. The van der Waals surface area contributed by atoms with Gasteiger partial charge < -0.3 is 0 Å². The molecule has 0 saturated carbocycles. The summed E-state index contributed by atoms with van der Waals surface area (Å²) in [6.45, 7) is 1.63. The first kappa shape index (κ1) is 7.52. The number of Topliss-reactive ketones (excluding diaryl/α,β-unsaturated/α-hetero) is 1. The Morgan fingerprint density at radius 2 is 2.38 bits per heavy atom. The van der Waals surface area contributed by atoms with Crippen LogP contribution in [0.4, 0.5) is 0 Å². The number of carbonyl (C=O) groups excluding carboxylic acids is 1. The summed E-state index contributed by atoms with van der Waals surface area (Å²) < 4.78 is 0. The Kier molecular flexibility index (Phi) is 4.39. The molecule has 1 nitrogen and oxygen atoms in total. The molecule has 0 bridgehead atoms. The lowest BCUT2D eigenvalue weighted by Gasteiger charge is -1.79. The predicted octanol–water partition coefficient (Wildman–Crippen LogP) is 1.21. The smallest absolute Gasteiger partial charge is 0.206 e. The summed E-state index contributed by atoms with van der Waals surface area (Å²) >= 11 is 5.24. The maximum atomic E-state index is 10.4. The van der Waals surface area contributed by atoms with E-state index < -0.39 is 0 Å². The van der Waals surface area contributed by atoms with Gasteiger partial charge in [0, 0.05) is 12.3 Å². The highest BCUT2D eigenvalue weighted by atomic mass is 35.5. The van der Waals surface area contributed by atoms with E-state index in [4.69, 9.17) is 11.6 Å². The van der Waals surface area contributed by atoms with Crippen LogP contribution in [-0.2, 0) is 4.79 Å². The zero-order valence-corrected chi connectivity index (χ0v) is 5.46. The summed E-state index contributed by atoms with van der Waals surface area (Å²) in [5, 5.41) is 0. The molecule has 0 aromatic carbocycles. The Hall–Kier alpha value is -0.480. The summed E-state index contributed by atoms with van der Waals surface area (Å²) in [5.41, 5.74) is 0. The summed E-state index contributed by atoms with van der Waals surface area (Å²) in [5.74, 6) is 5.15. The van der Waals surface area contributed by atoms with E-state index in [0.717, 1.165) is 0 Å². The van der Waals surface area contributed by atoms with Gasteiger partial charge in [0.1, 0.15) is 0 Å². The van der Waals surface area contributed by atoms with E-state index in [-0.39, 0.29) is 5.78 Å². The maximum absolute atomic E-state index is 10.4. The van der Waals surface area contributed by atoms with E-state index in [2.05, 4.69) is 11.8 Å². The van der Waals surface area contributed by atoms with Crippen LogP contribution in [0.5, 0.6) is 0 Å². The van der Waals surface area contributed by atoms with Crippen molar-refractivity contribution in [3.8, 4) is 11.8 Å². The van der Waals surface area contributed by atoms with Gasteiger partial charge in [0.2, 0.25) is 5.78 Å². The average molecular weight is 131 g/mol. The van der Waals surface area contributed by atoms with E-state index in [1.807, 2.05) is 0 Å². The molecule has 0 aliphatic heterocycles. The number of halogens is 1. The van der Waals surface area contributed by atoms with E-state index in [1.54, 1.807) is 6.92 Å². The molecule has 0 spiro atoms. The van der Waals surface area contributed by atoms with Gasteiger partial charge in [-0.25, -0.2) is 0 Å². The van der Waals surface area contributed by atoms with Crippen molar-refractivity contribution in [3.63, 3.8) is 0 Å². The fourth-order valence-electron chi connectivity index (χ4n) is 0.288. The second-order valence-electron chi connectivity index (χ2n) is 1.24. The number of alkyl halides is 1. The highest BCUT2D eigenvalue weighted by molar-refractivity contribution is 6.19. The van der Waals surface area contributed by atoms with Crippen LogP contribution in [0.2, 0.25) is 0 Å². The molecular formula is C6H7ClO. The van der Waals surface area contributed by atoms with Gasteiger partial charge in [-0.3, -0.25) is 4.79 Å². The van der Waals surface area contributed by atoms with Crippen LogP contribution < -0.4 is 0 Å². The average Bonchev–Trinajstić information content (AvgIpc) is 1.68. The molecule has 0 heterocycles. The number of ketones is 1. The van der Waals surface area contributed by atoms with Crippen LogP contribution >= 0.6 is 11.6 Å². The Labute approximate surface area is 54.0 Å². The molecule has 0 radical (unpaired) electrons. The van der Waals surface area contributed by atoms with Gasteiger partial charge in [0.15, 0.2) is 0 Å². The quantitative estimate of drug-likeness (QED) is 0.312. The molecule has 2 heteroatoms. The monoisotopic (exact) mass is 130 g/mol. The summed E-state index contributed by atoms with van der Waals surface area (Å²) in [6, 6.07) is 0. The molecule has 0 aliphatic carbocycles. The van der Waals surface area contributed by atoms with Crippen molar-refractivity contribution in [2.75, 3.05) is 5.88 Å². The molecule has 0 fully saturated rings. The number of carbonyl (C=O) groups is 1. The van der Waals surface area contributed by atoms with E-state index in [9.17, 15) is 4.79 Å². The normalized spacial score (nSPS) is 7.25. The fraction of sp³-hybridized carbons (Fsp3) is 0.500. The largest absolute Gasteiger partial charge is 0.285 e. The van der Waals surface area contributed by atoms with Crippen molar-refractivity contribution >= 4 is 17.4 Å². The van der Waals surface area contributed by atoms with Crippen molar-refractivity contribution in [3.05, 3.63) is 0 Å². The van der Waals surface area contributed by atoms with Gasteiger partial charge >= 0.3 is 0 Å². The first-order valence-electron chi connectivity index (χ1n) is 2.32. The SMILES string of the molecule is CC#CC(=O)CCCl. The minimum absolute atomic E-state index is 0.0810. The van der Waals surface area contributed by atoms with Gasteiger partial charge in [-0.1, -0.05) is 5.92 Å². The van der Waals surface area contributed by atoms with E-state index in [1.165, 1.54) is 0 Å². The first-order valence-corrected chi connectivity index (χ1v) is 2.86. The lowest BCUT2D eigenvalue weighted by Crippen LogP contribution is -1.92. The van der Waals surface area contributed by atoms with Crippen molar-refractivity contribution in [1.29, 1.82) is 0 Å². The van der Waals surface area contributed by atoms with Crippen molar-refractivity contribution in [2.24, 2.45) is 0 Å². The zero-order valence-electron chi connectivity index (χ0n) is 4.70. The Bertz CT molecular complexity index is 129. The fourth-order valence-corrected chi connectivity index (χ4v) is 0.459. The number of hydrogen-bond donors (Lipinski definition) is 0. The van der Waals surface area contributed by atoms with Gasteiger partial charge in [-0.15, -0.1) is 11.6 Å². The van der Waals surface area contributed by atoms with Crippen LogP contribution in [0.25, 0.3) is 0 Å². The summed E-state index contributed by atoms with van der Waals surface area (Å²) in [4.78, 5) is 10.4. The van der Waals surface area contributed by atoms with E-state index >= 15 is 0 Å². The van der Waals surface area contributed by atoms with Crippen LogP contribution in [0.3, 0.4) is 0 Å². The zero-order chi connectivity index (χ0) is 6.41. The first-order chi connectivity index (χ1) is 3.81. The molecule has 44 valence electrons. The molecule has 0 aromatic heterocycles. The minimum Gasteiger partial charge on any atom is -0.285 e. The molecule has 0 aliphatic rings. The molecule has 0 N–H and O–H groups in total. The molecule has 0 atom stereocenters. The van der Waals surface area contributed by atoms with Gasteiger partial charge in [-0.05, 0) is 12.8 Å². The van der Waals surface area contributed by atoms with Gasteiger partial charge in [0.05, 0.1) is 0 Å².